The fourth-order valence-corrected chi connectivity index (χ4v) is 1.92. The SMILES string of the molecule is CC(C)CC(O)CNc1c(Cl)cccc1[N+](=O)[O-]. The van der Waals surface area contributed by atoms with E-state index in [1.807, 2.05) is 13.8 Å². The summed E-state index contributed by atoms with van der Waals surface area (Å²) in [5.41, 5.74) is 0.172. The molecule has 0 aliphatic carbocycles. The Labute approximate surface area is 111 Å². The van der Waals surface area contributed by atoms with Crippen molar-refractivity contribution in [3.8, 4) is 0 Å². The highest BCUT2D eigenvalue weighted by Crippen LogP contribution is 2.31. The zero-order valence-corrected chi connectivity index (χ0v) is 11.1. The minimum atomic E-state index is -0.555. The fourth-order valence-electron chi connectivity index (χ4n) is 1.69. The van der Waals surface area contributed by atoms with Crippen molar-refractivity contribution in [2.75, 3.05) is 11.9 Å². The minimum absolute atomic E-state index is 0.0840. The lowest BCUT2D eigenvalue weighted by Crippen LogP contribution is -2.21. The molecular weight excluding hydrogens is 256 g/mol. The number of nitro benzene ring substituents is 1. The highest BCUT2D eigenvalue weighted by Gasteiger charge is 2.17. The number of halogens is 1. The van der Waals surface area contributed by atoms with Crippen LogP contribution in [-0.4, -0.2) is 22.7 Å². The molecule has 0 amide bonds. The number of benzene rings is 1. The Morgan fingerprint density at radius 1 is 1.50 bits per heavy atom. The number of aliphatic hydroxyl groups excluding tert-OH is 1. The summed E-state index contributed by atoms with van der Waals surface area (Å²) >= 11 is 5.91. The maximum atomic E-state index is 10.8. The Hall–Kier alpha value is -1.33. The van der Waals surface area contributed by atoms with Crippen LogP contribution >= 0.6 is 11.6 Å². The summed E-state index contributed by atoms with van der Waals surface area (Å²) in [6, 6.07) is 4.48. The average molecular weight is 273 g/mol. The van der Waals surface area contributed by atoms with Gasteiger partial charge in [0.15, 0.2) is 0 Å². The summed E-state index contributed by atoms with van der Waals surface area (Å²) in [4.78, 5) is 10.3. The Bertz CT molecular complexity index is 424. The Morgan fingerprint density at radius 3 is 2.72 bits per heavy atom. The van der Waals surface area contributed by atoms with Crippen molar-refractivity contribution in [2.24, 2.45) is 5.92 Å². The molecule has 0 aromatic heterocycles. The molecule has 0 aliphatic heterocycles. The van der Waals surface area contributed by atoms with Gasteiger partial charge in [-0.15, -0.1) is 0 Å². The zero-order valence-electron chi connectivity index (χ0n) is 10.4. The molecule has 6 heteroatoms. The molecule has 2 N–H and O–H groups in total. The third kappa shape index (κ3) is 4.16. The van der Waals surface area contributed by atoms with Crippen molar-refractivity contribution in [2.45, 2.75) is 26.4 Å². The van der Waals surface area contributed by atoms with Crippen LogP contribution in [0.3, 0.4) is 0 Å². The number of nitrogens with zero attached hydrogens (tertiary/aromatic N) is 1. The molecular formula is C12H17ClN2O3. The van der Waals surface area contributed by atoms with Crippen LogP contribution in [0.1, 0.15) is 20.3 Å². The largest absolute Gasteiger partial charge is 0.391 e. The molecule has 100 valence electrons. The van der Waals surface area contributed by atoms with Crippen LogP contribution in [-0.2, 0) is 0 Å². The van der Waals surface area contributed by atoms with Gasteiger partial charge in [0.2, 0.25) is 0 Å². The molecule has 0 aliphatic rings. The van der Waals surface area contributed by atoms with E-state index in [0.717, 1.165) is 0 Å². The fraction of sp³-hybridized carbons (Fsp3) is 0.500. The first-order chi connectivity index (χ1) is 8.41. The van der Waals surface area contributed by atoms with E-state index >= 15 is 0 Å². The van der Waals surface area contributed by atoms with Gasteiger partial charge in [0.25, 0.3) is 5.69 Å². The van der Waals surface area contributed by atoms with E-state index in [1.54, 1.807) is 6.07 Å². The van der Waals surface area contributed by atoms with Gasteiger partial charge in [-0.3, -0.25) is 10.1 Å². The molecule has 18 heavy (non-hydrogen) atoms. The van der Waals surface area contributed by atoms with Gasteiger partial charge in [0, 0.05) is 12.6 Å². The number of para-hydroxylation sites is 1. The summed E-state index contributed by atoms with van der Waals surface area (Å²) in [7, 11) is 0. The van der Waals surface area contributed by atoms with E-state index in [9.17, 15) is 15.2 Å². The lowest BCUT2D eigenvalue weighted by molar-refractivity contribution is -0.383. The number of rotatable bonds is 6. The first-order valence-electron chi connectivity index (χ1n) is 5.76. The van der Waals surface area contributed by atoms with Crippen LogP contribution < -0.4 is 5.32 Å². The van der Waals surface area contributed by atoms with E-state index in [-0.39, 0.29) is 22.9 Å². The smallest absolute Gasteiger partial charge is 0.293 e. The van der Waals surface area contributed by atoms with Crippen LogP contribution in [0.5, 0.6) is 0 Å². The number of hydrogen-bond donors (Lipinski definition) is 2. The molecule has 0 saturated carbocycles. The molecule has 0 heterocycles. The maximum absolute atomic E-state index is 10.8. The Kier molecular flexibility index (Phi) is 5.37. The second kappa shape index (κ2) is 6.56. The number of nitrogens with one attached hydrogen (secondary N) is 1. The second-order valence-electron chi connectivity index (χ2n) is 4.56. The number of nitro groups is 1. The third-order valence-electron chi connectivity index (χ3n) is 2.45. The van der Waals surface area contributed by atoms with E-state index < -0.39 is 11.0 Å². The minimum Gasteiger partial charge on any atom is -0.391 e. The second-order valence-corrected chi connectivity index (χ2v) is 4.96. The van der Waals surface area contributed by atoms with Crippen LogP contribution in [0.4, 0.5) is 11.4 Å². The number of hydrogen-bond acceptors (Lipinski definition) is 4. The highest BCUT2D eigenvalue weighted by atomic mass is 35.5. The predicted octanol–water partition coefficient (Wildman–Crippen LogP) is 3.07. The van der Waals surface area contributed by atoms with Crippen LogP contribution in [0, 0.1) is 16.0 Å². The molecule has 1 aromatic carbocycles. The summed E-state index contributed by atoms with van der Waals surface area (Å²) in [6.07, 6.45) is 0.0755. The standard InChI is InChI=1S/C12H17ClN2O3/c1-8(2)6-9(16)7-14-12-10(13)4-3-5-11(12)15(17)18/h3-5,8-9,14,16H,6-7H2,1-2H3. The quantitative estimate of drug-likeness (QED) is 0.616. The van der Waals surface area contributed by atoms with E-state index in [2.05, 4.69) is 5.32 Å². The van der Waals surface area contributed by atoms with Gasteiger partial charge in [-0.2, -0.15) is 0 Å². The predicted molar refractivity (Wildman–Crippen MR) is 72.1 cm³/mol. The number of aliphatic hydroxyl groups is 1. The van der Waals surface area contributed by atoms with Gasteiger partial charge in [-0.25, -0.2) is 0 Å². The average Bonchev–Trinajstić information content (AvgIpc) is 2.25. The van der Waals surface area contributed by atoms with Gasteiger partial charge in [0.1, 0.15) is 5.69 Å². The Balaban J connectivity index is 2.75. The molecule has 1 aromatic rings. The maximum Gasteiger partial charge on any atom is 0.293 e. The van der Waals surface area contributed by atoms with E-state index in [1.165, 1.54) is 12.1 Å². The van der Waals surface area contributed by atoms with Crippen molar-refractivity contribution >= 4 is 23.0 Å². The van der Waals surface area contributed by atoms with E-state index in [4.69, 9.17) is 11.6 Å². The molecule has 1 atom stereocenters. The normalized spacial score (nSPS) is 12.5. The van der Waals surface area contributed by atoms with Crippen LogP contribution in [0.15, 0.2) is 18.2 Å². The van der Waals surface area contributed by atoms with Gasteiger partial charge in [-0.05, 0) is 18.4 Å². The van der Waals surface area contributed by atoms with Crippen molar-refractivity contribution in [3.63, 3.8) is 0 Å². The summed E-state index contributed by atoms with van der Waals surface area (Å²) in [5, 5.41) is 23.7. The Morgan fingerprint density at radius 2 is 2.17 bits per heavy atom. The van der Waals surface area contributed by atoms with Gasteiger partial charge in [-0.1, -0.05) is 31.5 Å². The van der Waals surface area contributed by atoms with Gasteiger partial charge >= 0.3 is 0 Å². The summed E-state index contributed by atoms with van der Waals surface area (Å²) < 4.78 is 0. The first-order valence-corrected chi connectivity index (χ1v) is 6.14. The molecule has 0 spiro atoms. The summed E-state index contributed by atoms with van der Waals surface area (Å²) in [6.45, 7) is 4.24. The van der Waals surface area contributed by atoms with Crippen molar-refractivity contribution < 1.29 is 10.0 Å². The number of anilines is 1. The van der Waals surface area contributed by atoms with Gasteiger partial charge < -0.3 is 10.4 Å². The molecule has 0 radical (unpaired) electrons. The highest BCUT2D eigenvalue weighted by molar-refractivity contribution is 6.33. The molecule has 5 nitrogen and oxygen atoms in total. The molecule has 1 unspecified atom stereocenters. The van der Waals surface area contributed by atoms with Crippen molar-refractivity contribution in [3.05, 3.63) is 33.3 Å². The summed E-state index contributed by atoms with van der Waals surface area (Å²) in [5.74, 6) is 0.364. The van der Waals surface area contributed by atoms with Crippen molar-refractivity contribution in [1.29, 1.82) is 0 Å². The van der Waals surface area contributed by atoms with Crippen LogP contribution in [0.2, 0.25) is 5.02 Å². The molecule has 0 bridgehead atoms. The molecule has 0 fully saturated rings. The van der Waals surface area contributed by atoms with Gasteiger partial charge in [0.05, 0.1) is 16.0 Å². The van der Waals surface area contributed by atoms with Crippen molar-refractivity contribution in [1.82, 2.24) is 0 Å². The molecule has 0 saturated heterocycles. The zero-order chi connectivity index (χ0) is 13.7. The third-order valence-corrected chi connectivity index (χ3v) is 2.76. The lowest BCUT2D eigenvalue weighted by Gasteiger charge is -2.15. The topological polar surface area (TPSA) is 75.4 Å². The van der Waals surface area contributed by atoms with Crippen LogP contribution in [0.25, 0.3) is 0 Å². The van der Waals surface area contributed by atoms with E-state index in [0.29, 0.717) is 12.3 Å². The first kappa shape index (κ1) is 14.7. The molecule has 1 rings (SSSR count). The lowest BCUT2D eigenvalue weighted by atomic mass is 10.1. The monoisotopic (exact) mass is 272 g/mol.